The van der Waals surface area contributed by atoms with E-state index in [-0.39, 0.29) is 5.75 Å². The van der Waals surface area contributed by atoms with E-state index < -0.39 is 34.9 Å². The predicted molar refractivity (Wildman–Crippen MR) is 113 cm³/mol. The minimum Gasteiger partial charge on any atom is -0.484 e. The third kappa shape index (κ3) is 6.71. The Morgan fingerprint density at radius 1 is 1.12 bits per heavy atom. The molecule has 0 aliphatic carbocycles. The number of alkyl halides is 3. The fraction of sp³-hybridized carbons (Fsp3) is 0.143. The number of benzene rings is 2. The number of hydrogen-bond acceptors (Lipinski definition) is 6. The van der Waals surface area contributed by atoms with E-state index >= 15 is 0 Å². The highest BCUT2D eigenvalue weighted by Crippen LogP contribution is 2.27. The first kappa shape index (κ1) is 23.1. The number of hydrogen-bond donors (Lipinski definition) is 1. The number of rotatable bonds is 8. The predicted octanol–water partition coefficient (Wildman–Crippen LogP) is 5.48. The van der Waals surface area contributed by atoms with Gasteiger partial charge in [0.05, 0.1) is 9.95 Å². The lowest BCUT2D eigenvalue weighted by Crippen LogP contribution is -2.20. The average molecular weight is 463 g/mol. The summed E-state index contributed by atoms with van der Waals surface area (Å²) in [5.41, 5.74) is 0.284. The molecule has 1 heterocycles. The van der Waals surface area contributed by atoms with Crippen LogP contribution in [0.1, 0.15) is 15.9 Å². The zero-order valence-electron chi connectivity index (χ0n) is 16.3. The minimum atomic E-state index is -4.59. The number of nitrogens with zero attached hydrogens (tertiary/aromatic N) is 2. The van der Waals surface area contributed by atoms with Gasteiger partial charge in [0.15, 0.2) is 6.61 Å². The summed E-state index contributed by atoms with van der Waals surface area (Å²) in [6, 6.07) is 15.3. The normalized spacial score (nSPS) is 11.1. The van der Waals surface area contributed by atoms with Crippen LogP contribution in [0.4, 0.5) is 24.5 Å². The van der Waals surface area contributed by atoms with E-state index in [1.165, 1.54) is 11.8 Å². The number of pyridine rings is 1. The molecule has 3 aromatic rings. The van der Waals surface area contributed by atoms with Crippen molar-refractivity contribution in [2.24, 2.45) is 0 Å². The van der Waals surface area contributed by atoms with Crippen LogP contribution in [0.2, 0.25) is 0 Å². The van der Waals surface area contributed by atoms with Gasteiger partial charge in [-0.2, -0.15) is 13.2 Å². The number of aromatic nitrogens is 1. The Morgan fingerprint density at radius 3 is 2.62 bits per heavy atom. The Morgan fingerprint density at radius 2 is 1.94 bits per heavy atom. The maximum absolute atomic E-state index is 12.7. The fourth-order valence-electron chi connectivity index (χ4n) is 2.64. The number of nitro benzene ring substituents is 1. The molecule has 0 spiro atoms. The molecule has 166 valence electrons. The van der Waals surface area contributed by atoms with E-state index in [2.05, 4.69) is 15.0 Å². The second-order valence-corrected chi connectivity index (χ2v) is 7.45. The first-order valence-corrected chi connectivity index (χ1v) is 10.1. The number of nitro groups is 1. The van der Waals surface area contributed by atoms with Gasteiger partial charge in [0.25, 0.3) is 11.6 Å². The van der Waals surface area contributed by atoms with Gasteiger partial charge < -0.3 is 10.1 Å². The summed E-state index contributed by atoms with van der Waals surface area (Å²) in [6.07, 6.45) is -2.91. The molecule has 0 unspecified atom stereocenters. The third-order valence-corrected chi connectivity index (χ3v) is 5.04. The largest absolute Gasteiger partial charge is 0.484 e. The van der Waals surface area contributed by atoms with Crippen LogP contribution in [0.5, 0.6) is 5.75 Å². The van der Waals surface area contributed by atoms with Gasteiger partial charge in [0.2, 0.25) is 0 Å². The highest BCUT2D eigenvalue weighted by atomic mass is 32.2. The van der Waals surface area contributed by atoms with Crippen molar-refractivity contribution >= 4 is 29.0 Å². The smallest absolute Gasteiger partial charge is 0.422 e. The van der Waals surface area contributed by atoms with Gasteiger partial charge in [-0.25, -0.2) is 4.98 Å². The Kier molecular flexibility index (Phi) is 7.31. The number of nitrogens with one attached hydrogen (secondary N) is 1. The molecular formula is C21H16F3N3O4S. The average Bonchev–Trinajstić information content (AvgIpc) is 2.76. The van der Waals surface area contributed by atoms with Crippen LogP contribution in [0.3, 0.4) is 0 Å². The minimum absolute atomic E-state index is 0.307. The molecule has 0 saturated heterocycles. The number of anilines is 1. The molecule has 0 aliphatic heterocycles. The molecule has 0 fully saturated rings. The first-order chi connectivity index (χ1) is 15.2. The zero-order valence-corrected chi connectivity index (χ0v) is 17.2. The molecule has 0 saturated carbocycles. The SMILES string of the molecule is O=C(Nc1cccc(CSc2ccccn2)c1)c1cc(OCC(F)(F)F)ccc1[N+](=O)[O-]. The number of carbonyl (C=O) groups is 1. The maximum Gasteiger partial charge on any atom is 0.422 e. The van der Waals surface area contributed by atoms with Crippen LogP contribution >= 0.6 is 11.8 Å². The molecule has 1 aromatic heterocycles. The topological polar surface area (TPSA) is 94.4 Å². The highest BCUT2D eigenvalue weighted by molar-refractivity contribution is 7.98. The van der Waals surface area contributed by atoms with Gasteiger partial charge >= 0.3 is 6.18 Å². The maximum atomic E-state index is 12.7. The van der Waals surface area contributed by atoms with Crippen LogP contribution < -0.4 is 10.1 Å². The van der Waals surface area contributed by atoms with E-state index in [0.29, 0.717) is 11.4 Å². The Bertz CT molecular complexity index is 1110. The Balaban J connectivity index is 1.74. The quantitative estimate of drug-likeness (QED) is 0.270. The van der Waals surface area contributed by atoms with E-state index in [1.54, 1.807) is 24.4 Å². The summed E-state index contributed by atoms with van der Waals surface area (Å²) in [5, 5.41) is 14.6. The van der Waals surface area contributed by atoms with Crippen LogP contribution in [-0.2, 0) is 5.75 Å². The summed E-state index contributed by atoms with van der Waals surface area (Å²) < 4.78 is 41.8. The van der Waals surface area contributed by atoms with Gasteiger partial charge in [0, 0.05) is 23.7 Å². The van der Waals surface area contributed by atoms with Crippen molar-refractivity contribution in [3.05, 3.63) is 88.1 Å². The number of halogens is 3. The van der Waals surface area contributed by atoms with Crippen LogP contribution in [0.15, 0.2) is 71.9 Å². The second kappa shape index (κ2) is 10.1. The van der Waals surface area contributed by atoms with Gasteiger partial charge in [-0.3, -0.25) is 14.9 Å². The van der Waals surface area contributed by atoms with Gasteiger partial charge in [-0.05, 0) is 42.0 Å². The lowest BCUT2D eigenvalue weighted by molar-refractivity contribution is -0.385. The van der Waals surface area contributed by atoms with E-state index in [0.717, 1.165) is 28.8 Å². The fourth-order valence-corrected chi connectivity index (χ4v) is 3.44. The van der Waals surface area contributed by atoms with Crippen molar-refractivity contribution in [1.82, 2.24) is 4.98 Å². The van der Waals surface area contributed by atoms with E-state index in [9.17, 15) is 28.1 Å². The summed E-state index contributed by atoms with van der Waals surface area (Å²) in [4.78, 5) is 27.4. The second-order valence-electron chi connectivity index (χ2n) is 6.45. The molecule has 0 atom stereocenters. The lowest BCUT2D eigenvalue weighted by atomic mass is 10.1. The van der Waals surface area contributed by atoms with Crippen LogP contribution in [-0.4, -0.2) is 28.6 Å². The van der Waals surface area contributed by atoms with E-state index in [1.807, 2.05) is 24.3 Å². The molecular weight excluding hydrogens is 447 g/mol. The van der Waals surface area contributed by atoms with Crippen molar-refractivity contribution in [3.8, 4) is 5.75 Å². The molecule has 7 nitrogen and oxygen atoms in total. The van der Waals surface area contributed by atoms with Crippen molar-refractivity contribution < 1.29 is 27.6 Å². The van der Waals surface area contributed by atoms with Gasteiger partial charge in [-0.15, -0.1) is 11.8 Å². The van der Waals surface area contributed by atoms with E-state index in [4.69, 9.17) is 0 Å². The van der Waals surface area contributed by atoms with Crippen molar-refractivity contribution in [3.63, 3.8) is 0 Å². The number of amides is 1. The Hall–Kier alpha value is -3.60. The molecule has 0 aliphatic rings. The van der Waals surface area contributed by atoms with Crippen molar-refractivity contribution in [2.45, 2.75) is 17.0 Å². The summed E-state index contributed by atoms with van der Waals surface area (Å²) in [6.45, 7) is -1.58. The lowest BCUT2D eigenvalue weighted by Gasteiger charge is -2.11. The van der Waals surface area contributed by atoms with Gasteiger partial charge in [0.1, 0.15) is 11.3 Å². The molecule has 1 amide bonds. The first-order valence-electron chi connectivity index (χ1n) is 9.13. The monoisotopic (exact) mass is 463 g/mol. The summed E-state index contributed by atoms with van der Waals surface area (Å²) in [5.74, 6) is -0.580. The molecule has 2 aromatic carbocycles. The Labute approximate surface area is 184 Å². The summed E-state index contributed by atoms with van der Waals surface area (Å²) >= 11 is 1.49. The van der Waals surface area contributed by atoms with Crippen LogP contribution in [0, 0.1) is 10.1 Å². The zero-order chi connectivity index (χ0) is 23.1. The van der Waals surface area contributed by atoms with Crippen molar-refractivity contribution in [2.75, 3.05) is 11.9 Å². The molecule has 11 heteroatoms. The molecule has 0 bridgehead atoms. The number of carbonyl (C=O) groups excluding carboxylic acids is 1. The number of thioether (sulfide) groups is 1. The standard InChI is InChI=1S/C21H16F3N3O4S/c22-21(23,24)13-31-16-7-8-18(27(29)30)17(11-16)20(28)26-15-5-3-4-14(10-15)12-32-19-6-1-2-9-25-19/h1-11H,12-13H2,(H,26,28). The van der Waals surface area contributed by atoms with Crippen molar-refractivity contribution in [1.29, 1.82) is 0 Å². The highest BCUT2D eigenvalue weighted by Gasteiger charge is 2.29. The number of ether oxygens (including phenoxy) is 1. The molecule has 0 radical (unpaired) electrons. The third-order valence-electron chi connectivity index (χ3n) is 4.02. The molecule has 1 N–H and O–H groups in total. The summed E-state index contributed by atoms with van der Waals surface area (Å²) in [7, 11) is 0. The molecule has 3 rings (SSSR count). The molecule has 32 heavy (non-hydrogen) atoms. The van der Waals surface area contributed by atoms with Gasteiger partial charge in [-0.1, -0.05) is 18.2 Å². The van der Waals surface area contributed by atoms with Crippen LogP contribution in [0.25, 0.3) is 0 Å².